The summed E-state index contributed by atoms with van der Waals surface area (Å²) in [4.78, 5) is 13.5. The molecular weight excluding hydrogens is 186 g/mol. The zero-order valence-electron chi connectivity index (χ0n) is 10.0. The van der Waals surface area contributed by atoms with Crippen molar-refractivity contribution >= 4 is 5.91 Å². The Morgan fingerprint density at radius 2 is 2.33 bits per heavy atom. The van der Waals surface area contributed by atoms with E-state index in [1.165, 1.54) is 12.8 Å². The number of likely N-dealkylation sites (tertiary alicyclic amines) is 1. The minimum atomic E-state index is 0.00510. The lowest BCUT2D eigenvalue weighted by molar-refractivity contribution is -0.127. The van der Waals surface area contributed by atoms with Gasteiger partial charge < -0.3 is 4.90 Å². The van der Waals surface area contributed by atoms with Crippen LogP contribution in [-0.2, 0) is 4.79 Å². The van der Waals surface area contributed by atoms with Gasteiger partial charge in [-0.1, -0.05) is 26.2 Å². The van der Waals surface area contributed by atoms with E-state index in [9.17, 15) is 4.79 Å². The Labute approximate surface area is 93.0 Å². The molecule has 84 valence electrons. The minimum Gasteiger partial charge on any atom is -0.332 e. The van der Waals surface area contributed by atoms with E-state index in [0.29, 0.717) is 5.92 Å². The molecule has 2 nitrogen and oxygen atoms in total. The highest BCUT2D eigenvalue weighted by Gasteiger charge is 2.25. The Balaban J connectivity index is 2.54. The first kappa shape index (κ1) is 12.1. The van der Waals surface area contributed by atoms with Crippen LogP contribution in [-0.4, -0.2) is 23.9 Å². The van der Waals surface area contributed by atoms with Crippen LogP contribution in [0.2, 0.25) is 0 Å². The third-order valence-electron chi connectivity index (χ3n) is 3.43. The molecule has 1 heterocycles. The van der Waals surface area contributed by atoms with Crippen LogP contribution in [0.5, 0.6) is 0 Å². The fraction of sp³-hybridized carbons (Fsp3) is 0.769. The lowest BCUT2D eigenvalue weighted by Gasteiger charge is -2.34. The maximum atomic E-state index is 11.6. The van der Waals surface area contributed by atoms with E-state index in [4.69, 9.17) is 0 Å². The highest BCUT2D eigenvalue weighted by Crippen LogP contribution is 2.25. The van der Waals surface area contributed by atoms with Gasteiger partial charge in [0.1, 0.15) is 0 Å². The first-order chi connectivity index (χ1) is 7.19. The highest BCUT2D eigenvalue weighted by molar-refractivity contribution is 5.93. The number of amides is 1. The van der Waals surface area contributed by atoms with Crippen LogP contribution in [0, 0.1) is 23.7 Å². The van der Waals surface area contributed by atoms with E-state index in [2.05, 4.69) is 25.7 Å². The Kier molecular flexibility index (Phi) is 4.68. The van der Waals surface area contributed by atoms with Gasteiger partial charge in [-0.25, -0.2) is 0 Å². The second kappa shape index (κ2) is 5.80. The van der Waals surface area contributed by atoms with Crippen molar-refractivity contribution in [2.75, 3.05) is 13.1 Å². The topological polar surface area (TPSA) is 20.3 Å². The SMILES string of the molecule is CC#CC(=O)N1CCC[C@H](C(C)CC)C1. The summed E-state index contributed by atoms with van der Waals surface area (Å²) in [6.07, 6.45) is 3.59. The molecule has 15 heavy (non-hydrogen) atoms. The second-order valence-electron chi connectivity index (χ2n) is 4.41. The van der Waals surface area contributed by atoms with Gasteiger partial charge >= 0.3 is 0 Å². The number of piperidine rings is 1. The quantitative estimate of drug-likeness (QED) is 0.636. The van der Waals surface area contributed by atoms with E-state index >= 15 is 0 Å². The summed E-state index contributed by atoms with van der Waals surface area (Å²) >= 11 is 0. The minimum absolute atomic E-state index is 0.00510. The van der Waals surface area contributed by atoms with Crippen LogP contribution in [0.25, 0.3) is 0 Å². The number of carbonyl (C=O) groups excluding carboxylic acids is 1. The zero-order valence-corrected chi connectivity index (χ0v) is 10.0. The van der Waals surface area contributed by atoms with Gasteiger partial charge in [-0.05, 0) is 37.5 Å². The highest BCUT2D eigenvalue weighted by atomic mass is 16.2. The molecule has 0 saturated carbocycles. The van der Waals surface area contributed by atoms with E-state index in [0.717, 1.165) is 25.4 Å². The van der Waals surface area contributed by atoms with Crippen molar-refractivity contribution in [1.29, 1.82) is 0 Å². The molecule has 0 bridgehead atoms. The van der Waals surface area contributed by atoms with Crippen molar-refractivity contribution in [1.82, 2.24) is 4.90 Å². The lowest BCUT2D eigenvalue weighted by Crippen LogP contribution is -2.41. The largest absolute Gasteiger partial charge is 0.332 e. The monoisotopic (exact) mass is 207 g/mol. The average molecular weight is 207 g/mol. The number of hydrogen-bond acceptors (Lipinski definition) is 1. The summed E-state index contributed by atoms with van der Waals surface area (Å²) in [6, 6.07) is 0. The molecule has 1 unspecified atom stereocenters. The molecule has 0 spiro atoms. The molecule has 1 amide bonds. The summed E-state index contributed by atoms with van der Waals surface area (Å²) in [5.41, 5.74) is 0. The summed E-state index contributed by atoms with van der Waals surface area (Å²) in [5.74, 6) is 6.71. The molecule has 0 aromatic carbocycles. The Morgan fingerprint density at radius 3 is 2.93 bits per heavy atom. The molecule has 1 saturated heterocycles. The Morgan fingerprint density at radius 1 is 1.60 bits per heavy atom. The smallest absolute Gasteiger partial charge is 0.298 e. The van der Waals surface area contributed by atoms with Crippen molar-refractivity contribution in [2.45, 2.75) is 40.0 Å². The summed E-state index contributed by atoms with van der Waals surface area (Å²) in [7, 11) is 0. The normalized spacial score (nSPS) is 22.9. The molecule has 1 rings (SSSR count). The number of nitrogens with zero attached hydrogens (tertiary/aromatic N) is 1. The van der Waals surface area contributed by atoms with Crippen LogP contribution in [0.4, 0.5) is 0 Å². The van der Waals surface area contributed by atoms with Crippen molar-refractivity contribution in [3.05, 3.63) is 0 Å². The van der Waals surface area contributed by atoms with Crippen molar-refractivity contribution < 1.29 is 4.79 Å². The molecule has 1 aliphatic rings. The van der Waals surface area contributed by atoms with Gasteiger partial charge in [0.15, 0.2) is 0 Å². The van der Waals surface area contributed by atoms with E-state index in [1.54, 1.807) is 6.92 Å². The fourth-order valence-electron chi connectivity index (χ4n) is 2.18. The van der Waals surface area contributed by atoms with Gasteiger partial charge in [0, 0.05) is 13.1 Å². The Bertz CT molecular complexity index is 274. The maximum absolute atomic E-state index is 11.6. The molecule has 2 atom stereocenters. The lowest BCUT2D eigenvalue weighted by atomic mass is 9.85. The maximum Gasteiger partial charge on any atom is 0.298 e. The first-order valence-corrected chi connectivity index (χ1v) is 5.90. The molecule has 0 N–H and O–H groups in total. The van der Waals surface area contributed by atoms with Crippen LogP contribution < -0.4 is 0 Å². The van der Waals surface area contributed by atoms with Crippen molar-refractivity contribution in [3.63, 3.8) is 0 Å². The van der Waals surface area contributed by atoms with Gasteiger partial charge in [0.25, 0.3) is 5.91 Å². The van der Waals surface area contributed by atoms with E-state index in [-0.39, 0.29) is 5.91 Å². The van der Waals surface area contributed by atoms with Crippen LogP contribution in [0.1, 0.15) is 40.0 Å². The van der Waals surface area contributed by atoms with Crippen molar-refractivity contribution in [2.24, 2.45) is 11.8 Å². The third-order valence-corrected chi connectivity index (χ3v) is 3.43. The van der Waals surface area contributed by atoms with Crippen LogP contribution >= 0.6 is 0 Å². The van der Waals surface area contributed by atoms with Gasteiger partial charge in [-0.15, -0.1) is 0 Å². The number of carbonyl (C=O) groups is 1. The first-order valence-electron chi connectivity index (χ1n) is 5.90. The number of hydrogen-bond donors (Lipinski definition) is 0. The molecule has 1 aliphatic heterocycles. The number of rotatable bonds is 2. The fourth-order valence-corrected chi connectivity index (χ4v) is 2.18. The van der Waals surface area contributed by atoms with E-state index < -0.39 is 0 Å². The predicted octanol–water partition coefficient (Wildman–Crippen LogP) is 2.29. The molecule has 0 aromatic heterocycles. The third kappa shape index (κ3) is 3.27. The van der Waals surface area contributed by atoms with Gasteiger partial charge in [0.05, 0.1) is 0 Å². The summed E-state index contributed by atoms with van der Waals surface area (Å²) < 4.78 is 0. The van der Waals surface area contributed by atoms with Gasteiger partial charge in [-0.2, -0.15) is 0 Å². The zero-order chi connectivity index (χ0) is 11.3. The molecule has 2 heteroatoms. The average Bonchev–Trinajstić information content (AvgIpc) is 2.28. The molecule has 0 aromatic rings. The second-order valence-corrected chi connectivity index (χ2v) is 4.41. The summed E-state index contributed by atoms with van der Waals surface area (Å²) in [5, 5.41) is 0. The van der Waals surface area contributed by atoms with E-state index in [1.807, 2.05) is 4.90 Å². The standard InChI is InChI=1S/C13H21NO/c1-4-7-13(15)14-9-6-8-12(10-14)11(3)5-2/h11-12H,5-6,8-10H2,1-3H3/t11?,12-/m0/s1. The van der Waals surface area contributed by atoms with Crippen molar-refractivity contribution in [3.8, 4) is 11.8 Å². The summed E-state index contributed by atoms with van der Waals surface area (Å²) in [6.45, 7) is 8.01. The van der Waals surface area contributed by atoms with Crippen LogP contribution in [0.3, 0.4) is 0 Å². The van der Waals surface area contributed by atoms with Gasteiger partial charge in [0.2, 0.25) is 0 Å². The molecule has 1 fully saturated rings. The van der Waals surface area contributed by atoms with Gasteiger partial charge in [-0.3, -0.25) is 4.79 Å². The Hall–Kier alpha value is -0.970. The predicted molar refractivity (Wildman–Crippen MR) is 62.2 cm³/mol. The van der Waals surface area contributed by atoms with Crippen LogP contribution in [0.15, 0.2) is 0 Å². The molecular formula is C13H21NO. The molecule has 0 radical (unpaired) electrons. The molecule has 0 aliphatic carbocycles.